The van der Waals surface area contributed by atoms with E-state index < -0.39 is 0 Å². The fourth-order valence-corrected chi connectivity index (χ4v) is 6.60. The highest BCUT2D eigenvalue weighted by atomic mass is 14.4. The molecule has 0 aromatic rings. The number of hydrogen-bond acceptors (Lipinski definition) is 0. The van der Waals surface area contributed by atoms with Crippen LogP contribution in [0.25, 0.3) is 0 Å². The summed E-state index contributed by atoms with van der Waals surface area (Å²) in [5.41, 5.74) is 0. The maximum atomic E-state index is 2.53. The largest absolute Gasteiger partial charge is 0.0651 e. The van der Waals surface area contributed by atoms with Gasteiger partial charge >= 0.3 is 0 Å². The Kier molecular flexibility index (Phi) is 6.69. The van der Waals surface area contributed by atoms with E-state index >= 15 is 0 Å². The first-order chi connectivity index (χ1) is 10.9. The van der Waals surface area contributed by atoms with E-state index in [1.54, 1.807) is 38.5 Å². The summed E-state index contributed by atoms with van der Waals surface area (Å²) in [6.07, 6.45) is 24.7. The van der Waals surface area contributed by atoms with Crippen LogP contribution in [0.1, 0.15) is 110 Å². The van der Waals surface area contributed by atoms with Gasteiger partial charge in [0, 0.05) is 0 Å². The van der Waals surface area contributed by atoms with Gasteiger partial charge in [0.1, 0.15) is 0 Å². The zero-order valence-electron chi connectivity index (χ0n) is 15.2. The third-order valence-corrected chi connectivity index (χ3v) is 7.61. The molecule has 0 aromatic heterocycles. The summed E-state index contributed by atoms with van der Waals surface area (Å²) in [5, 5.41) is 0. The molecule has 0 spiro atoms. The van der Waals surface area contributed by atoms with Gasteiger partial charge in [-0.1, -0.05) is 110 Å². The molecule has 0 radical (unpaired) electrons. The Labute approximate surface area is 139 Å². The van der Waals surface area contributed by atoms with Crippen LogP contribution >= 0.6 is 0 Å². The van der Waals surface area contributed by atoms with E-state index in [0.29, 0.717) is 0 Å². The topological polar surface area (TPSA) is 0 Å². The molecule has 0 amide bonds. The van der Waals surface area contributed by atoms with Crippen LogP contribution in [0.4, 0.5) is 0 Å². The summed E-state index contributed by atoms with van der Waals surface area (Å²) in [6, 6.07) is 0. The van der Waals surface area contributed by atoms with Crippen molar-refractivity contribution in [3.8, 4) is 0 Å². The standard InChI is InChI=1S/C22H40/c1-2-21(18-12-6-3-7-13-18)22(19-14-8-4-9-15-19)20-16-10-5-11-17-20/h18-22H,2-17H2,1H3. The third kappa shape index (κ3) is 4.09. The molecule has 1 atom stereocenters. The van der Waals surface area contributed by atoms with E-state index in [0.717, 1.165) is 29.6 Å². The first-order valence-electron chi connectivity index (χ1n) is 10.9. The van der Waals surface area contributed by atoms with Gasteiger partial charge in [-0.3, -0.25) is 0 Å². The molecular weight excluding hydrogens is 264 g/mol. The molecule has 1 unspecified atom stereocenters. The van der Waals surface area contributed by atoms with Crippen molar-refractivity contribution in [3.05, 3.63) is 0 Å². The summed E-state index contributed by atoms with van der Waals surface area (Å²) >= 11 is 0. The first kappa shape index (κ1) is 16.8. The van der Waals surface area contributed by atoms with E-state index in [9.17, 15) is 0 Å². The lowest BCUT2D eigenvalue weighted by Crippen LogP contribution is -2.37. The minimum Gasteiger partial charge on any atom is -0.0651 e. The molecule has 0 aliphatic heterocycles. The van der Waals surface area contributed by atoms with Crippen molar-refractivity contribution in [1.82, 2.24) is 0 Å². The van der Waals surface area contributed by atoms with E-state index in [-0.39, 0.29) is 0 Å². The van der Waals surface area contributed by atoms with Crippen LogP contribution < -0.4 is 0 Å². The molecule has 3 rings (SSSR count). The summed E-state index contributed by atoms with van der Waals surface area (Å²) < 4.78 is 0. The van der Waals surface area contributed by atoms with Crippen molar-refractivity contribution in [2.24, 2.45) is 29.6 Å². The second-order valence-corrected chi connectivity index (χ2v) is 8.84. The number of rotatable bonds is 5. The lowest BCUT2D eigenvalue weighted by atomic mass is 9.60. The van der Waals surface area contributed by atoms with Gasteiger partial charge in [-0.05, 0) is 29.6 Å². The Morgan fingerprint density at radius 3 is 1.27 bits per heavy atom. The Hall–Kier alpha value is 0. The molecule has 3 aliphatic carbocycles. The van der Waals surface area contributed by atoms with E-state index in [1.807, 2.05) is 0 Å². The molecule has 22 heavy (non-hydrogen) atoms. The van der Waals surface area contributed by atoms with E-state index in [2.05, 4.69) is 6.92 Å². The summed E-state index contributed by atoms with van der Waals surface area (Å²) in [4.78, 5) is 0. The van der Waals surface area contributed by atoms with Crippen molar-refractivity contribution in [2.45, 2.75) is 110 Å². The number of hydrogen-bond donors (Lipinski definition) is 0. The molecule has 128 valence electrons. The fourth-order valence-electron chi connectivity index (χ4n) is 6.60. The average Bonchev–Trinajstić information content (AvgIpc) is 2.62. The molecule has 0 saturated heterocycles. The zero-order valence-corrected chi connectivity index (χ0v) is 15.2. The van der Waals surface area contributed by atoms with Crippen molar-refractivity contribution in [1.29, 1.82) is 0 Å². The fraction of sp³-hybridized carbons (Fsp3) is 1.00. The predicted molar refractivity (Wildman–Crippen MR) is 97.0 cm³/mol. The Morgan fingerprint density at radius 1 is 0.545 bits per heavy atom. The first-order valence-corrected chi connectivity index (χ1v) is 10.9. The van der Waals surface area contributed by atoms with Crippen LogP contribution in [0, 0.1) is 29.6 Å². The second kappa shape index (κ2) is 8.74. The lowest BCUT2D eigenvalue weighted by Gasteiger charge is -2.46. The van der Waals surface area contributed by atoms with E-state index in [1.165, 1.54) is 64.2 Å². The molecule has 3 aliphatic rings. The Balaban J connectivity index is 1.74. The minimum absolute atomic E-state index is 1.08. The highest BCUT2D eigenvalue weighted by Crippen LogP contribution is 2.48. The van der Waals surface area contributed by atoms with Gasteiger partial charge in [-0.2, -0.15) is 0 Å². The molecule has 0 N–H and O–H groups in total. The summed E-state index contributed by atoms with van der Waals surface area (Å²) in [6.45, 7) is 2.53. The maximum Gasteiger partial charge on any atom is -0.0326 e. The van der Waals surface area contributed by atoms with Crippen molar-refractivity contribution in [2.75, 3.05) is 0 Å². The van der Waals surface area contributed by atoms with Gasteiger partial charge in [-0.25, -0.2) is 0 Å². The third-order valence-electron chi connectivity index (χ3n) is 7.61. The molecule has 0 nitrogen and oxygen atoms in total. The van der Waals surface area contributed by atoms with Crippen LogP contribution in [0.2, 0.25) is 0 Å². The molecule has 0 bridgehead atoms. The van der Waals surface area contributed by atoms with Crippen molar-refractivity contribution < 1.29 is 0 Å². The van der Waals surface area contributed by atoms with Gasteiger partial charge in [0.05, 0.1) is 0 Å². The van der Waals surface area contributed by atoms with Crippen LogP contribution in [-0.4, -0.2) is 0 Å². The zero-order chi connectivity index (χ0) is 15.2. The molecule has 3 saturated carbocycles. The van der Waals surface area contributed by atoms with Gasteiger partial charge in [0.25, 0.3) is 0 Å². The van der Waals surface area contributed by atoms with Gasteiger partial charge in [0.2, 0.25) is 0 Å². The molecular formula is C22H40. The minimum atomic E-state index is 1.08. The highest BCUT2D eigenvalue weighted by Gasteiger charge is 2.39. The Morgan fingerprint density at radius 2 is 0.909 bits per heavy atom. The van der Waals surface area contributed by atoms with Gasteiger partial charge < -0.3 is 0 Å². The monoisotopic (exact) mass is 304 g/mol. The summed E-state index contributed by atoms with van der Waals surface area (Å²) in [7, 11) is 0. The van der Waals surface area contributed by atoms with Crippen molar-refractivity contribution >= 4 is 0 Å². The highest BCUT2D eigenvalue weighted by molar-refractivity contribution is 4.89. The molecule has 0 aromatic carbocycles. The van der Waals surface area contributed by atoms with Crippen LogP contribution in [0.15, 0.2) is 0 Å². The SMILES string of the molecule is CCC(C1CCCCC1)C(C1CCCCC1)C1CCCCC1. The predicted octanol–water partition coefficient (Wildman–Crippen LogP) is 7.37. The smallest absolute Gasteiger partial charge is 0.0326 e. The lowest BCUT2D eigenvalue weighted by molar-refractivity contribution is 0.0418. The average molecular weight is 305 g/mol. The normalized spacial score (nSPS) is 28.1. The van der Waals surface area contributed by atoms with Crippen LogP contribution in [0.3, 0.4) is 0 Å². The summed E-state index contributed by atoms with van der Waals surface area (Å²) in [5.74, 6) is 5.47. The van der Waals surface area contributed by atoms with Crippen molar-refractivity contribution in [3.63, 3.8) is 0 Å². The Bertz CT molecular complexity index is 271. The maximum absolute atomic E-state index is 2.53. The molecule has 0 heteroatoms. The molecule has 0 heterocycles. The van der Waals surface area contributed by atoms with Gasteiger partial charge in [-0.15, -0.1) is 0 Å². The van der Waals surface area contributed by atoms with E-state index in [4.69, 9.17) is 0 Å². The second-order valence-electron chi connectivity index (χ2n) is 8.84. The quantitative estimate of drug-likeness (QED) is 0.497. The van der Waals surface area contributed by atoms with Crippen LogP contribution in [-0.2, 0) is 0 Å². The molecule has 3 fully saturated rings. The van der Waals surface area contributed by atoms with Gasteiger partial charge in [0.15, 0.2) is 0 Å². The van der Waals surface area contributed by atoms with Crippen LogP contribution in [0.5, 0.6) is 0 Å².